The number of nitrogens with one attached hydrogen (secondary N) is 1. The Morgan fingerprint density at radius 2 is 2.26 bits per heavy atom. The van der Waals surface area contributed by atoms with Crippen molar-refractivity contribution in [3.63, 3.8) is 0 Å². The average Bonchev–Trinajstić information content (AvgIpc) is 2.96. The Morgan fingerprint density at radius 3 is 3.09 bits per heavy atom. The van der Waals surface area contributed by atoms with Crippen molar-refractivity contribution in [3.8, 4) is 0 Å². The lowest BCUT2D eigenvalue weighted by Crippen LogP contribution is -2.44. The van der Waals surface area contributed by atoms with Gasteiger partial charge in [0.2, 0.25) is 5.91 Å². The van der Waals surface area contributed by atoms with E-state index in [2.05, 4.69) is 9.97 Å². The first-order valence-corrected chi connectivity index (χ1v) is 8.07. The molecule has 1 aliphatic heterocycles. The summed E-state index contributed by atoms with van der Waals surface area (Å²) >= 11 is 0. The molecule has 0 bridgehead atoms. The van der Waals surface area contributed by atoms with Crippen molar-refractivity contribution in [1.82, 2.24) is 14.9 Å². The van der Waals surface area contributed by atoms with E-state index in [-0.39, 0.29) is 18.4 Å². The Bertz CT molecular complexity index is 710. The second-order valence-electron chi connectivity index (χ2n) is 6.06. The van der Waals surface area contributed by atoms with Crippen molar-refractivity contribution in [2.45, 2.75) is 44.6 Å². The van der Waals surface area contributed by atoms with Gasteiger partial charge in [0.05, 0.1) is 6.42 Å². The number of piperidine rings is 1. The third kappa shape index (κ3) is 3.52. The van der Waals surface area contributed by atoms with E-state index in [4.69, 9.17) is 5.11 Å². The smallest absolute Gasteiger partial charge is 0.303 e. The zero-order valence-corrected chi connectivity index (χ0v) is 13.0. The Morgan fingerprint density at radius 1 is 1.39 bits per heavy atom. The number of carboxylic acids is 1. The van der Waals surface area contributed by atoms with Crippen LogP contribution in [-0.4, -0.2) is 44.4 Å². The third-order valence-corrected chi connectivity index (χ3v) is 4.52. The molecule has 3 heterocycles. The predicted octanol–water partition coefficient (Wildman–Crippen LogP) is 2.35. The van der Waals surface area contributed by atoms with E-state index in [9.17, 15) is 9.59 Å². The van der Waals surface area contributed by atoms with Gasteiger partial charge in [-0.15, -0.1) is 0 Å². The molecule has 1 atom stereocenters. The molecule has 3 rings (SSSR count). The number of likely N-dealkylation sites (tertiary alicyclic amines) is 1. The SMILES string of the molecule is O=C(O)CCC1CCCCN1C(=O)Cc1c[nH]c2ncccc12. The van der Waals surface area contributed by atoms with Gasteiger partial charge in [0.1, 0.15) is 5.65 Å². The van der Waals surface area contributed by atoms with E-state index >= 15 is 0 Å². The maximum Gasteiger partial charge on any atom is 0.303 e. The molecule has 1 unspecified atom stereocenters. The number of amides is 1. The third-order valence-electron chi connectivity index (χ3n) is 4.52. The van der Waals surface area contributed by atoms with Crippen LogP contribution in [0.1, 0.15) is 37.7 Å². The van der Waals surface area contributed by atoms with Crippen LogP contribution in [0.15, 0.2) is 24.5 Å². The van der Waals surface area contributed by atoms with Gasteiger partial charge in [0.15, 0.2) is 0 Å². The second-order valence-corrected chi connectivity index (χ2v) is 6.06. The van der Waals surface area contributed by atoms with Crippen molar-refractivity contribution in [2.75, 3.05) is 6.54 Å². The Labute approximate surface area is 134 Å². The molecular weight excluding hydrogens is 294 g/mol. The molecule has 0 radical (unpaired) electrons. The van der Waals surface area contributed by atoms with Crippen LogP contribution in [0.5, 0.6) is 0 Å². The molecule has 1 fully saturated rings. The molecule has 0 aromatic carbocycles. The van der Waals surface area contributed by atoms with Crippen LogP contribution >= 0.6 is 0 Å². The van der Waals surface area contributed by atoms with Crippen molar-refractivity contribution < 1.29 is 14.7 Å². The normalized spacial score (nSPS) is 18.3. The molecule has 1 aliphatic rings. The van der Waals surface area contributed by atoms with Gasteiger partial charge in [-0.1, -0.05) is 0 Å². The molecule has 2 aromatic rings. The highest BCUT2D eigenvalue weighted by Gasteiger charge is 2.27. The van der Waals surface area contributed by atoms with Gasteiger partial charge in [0.25, 0.3) is 0 Å². The molecule has 0 spiro atoms. The minimum Gasteiger partial charge on any atom is -0.481 e. The number of H-pyrrole nitrogens is 1. The van der Waals surface area contributed by atoms with Gasteiger partial charge in [0, 0.05) is 36.8 Å². The maximum absolute atomic E-state index is 12.7. The predicted molar refractivity (Wildman–Crippen MR) is 86.0 cm³/mol. The number of aromatic amines is 1. The quantitative estimate of drug-likeness (QED) is 0.887. The summed E-state index contributed by atoms with van der Waals surface area (Å²) in [4.78, 5) is 32.7. The summed E-state index contributed by atoms with van der Waals surface area (Å²) in [5, 5.41) is 9.85. The molecule has 0 aliphatic carbocycles. The number of nitrogens with zero attached hydrogens (tertiary/aromatic N) is 2. The van der Waals surface area contributed by atoms with Crippen LogP contribution in [0.4, 0.5) is 0 Å². The monoisotopic (exact) mass is 315 g/mol. The van der Waals surface area contributed by atoms with Crippen LogP contribution in [0.3, 0.4) is 0 Å². The summed E-state index contributed by atoms with van der Waals surface area (Å²) in [7, 11) is 0. The van der Waals surface area contributed by atoms with Crippen LogP contribution < -0.4 is 0 Å². The van der Waals surface area contributed by atoms with Crippen LogP contribution in [0.25, 0.3) is 11.0 Å². The number of aliphatic carboxylic acids is 1. The lowest BCUT2D eigenvalue weighted by atomic mass is 9.97. The maximum atomic E-state index is 12.7. The summed E-state index contributed by atoms with van der Waals surface area (Å²) in [6, 6.07) is 3.87. The first-order chi connectivity index (χ1) is 11.1. The van der Waals surface area contributed by atoms with Crippen molar-refractivity contribution in [1.29, 1.82) is 0 Å². The molecular formula is C17H21N3O3. The molecule has 1 saturated heterocycles. The molecule has 6 heteroatoms. The first kappa shape index (κ1) is 15.5. The number of carbonyl (C=O) groups is 2. The number of pyridine rings is 1. The van der Waals surface area contributed by atoms with Gasteiger partial charge in [-0.05, 0) is 43.4 Å². The van der Waals surface area contributed by atoms with E-state index in [1.54, 1.807) is 6.20 Å². The molecule has 0 saturated carbocycles. The summed E-state index contributed by atoms with van der Waals surface area (Å²) in [5.74, 6) is -0.726. The van der Waals surface area contributed by atoms with Crippen molar-refractivity contribution in [2.24, 2.45) is 0 Å². The van der Waals surface area contributed by atoms with E-state index < -0.39 is 5.97 Å². The van der Waals surface area contributed by atoms with E-state index in [0.717, 1.165) is 42.4 Å². The Balaban J connectivity index is 1.71. The van der Waals surface area contributed by atoms with Crippen LogP contribution in [-0.2, 0) is 16.0 Å². The molecule has 122 valence electrons. The topological polar surface area (TPSA) is 86.3 Å². The Kier molecular flexibility index (Phi) is 4.60. The number of carbonyl (C=O) groups excluding carboxylic acids is 1. The van der Waals surface area contributed by atoms with Gasteiger partial charge in [-0.25, -0.2) is 4.98 Å². The van der Waals surface area contributed by atoms with E-state index in [1.165, 1.54) is 0 Å². The fourth-order valence-electron chi connectivity index (χ4n) is 3.34. The lowest BCUT2D eigenvalue weighted by Gasteiger charge is -2.35. The lowest BCUT2D eigenvalue weighted by molar-refractivity contribution is -0.139. The van der Waals surface area contributed by atoms with E-state index in [1.807, 2.05) is 23.2 Å². The molecule has 2 aromatic heterocycles. The zero-order valence-electron chi connectivity index (χ0n) is 13.0. The standard InChI is InChI=1S/C17H21N3O3/c21-15(10-12-11-19-17-14(12)5-3-8-18-17)20-9-2-1-4-13(20)6-7-16(22)23/h3,5,8,11,13H,1-2,4,6-7,9-10H2,(H,18,19)(H,22,23). The highest BCUT2D eigenvalue weighted by molar-refractivity contribution is 5.87. The number of fused-ring (bicyclic) bond motifs is 1. The number of rotatable bonds is 5. The van der Waals surface area contributed by atoms with Gasteiger partial charge < -0.3 is 15.0 Å². The van der Waals surface area contributed by atoms with Crippen molar-refractivity contribution in [3.05, 3.63) is 30.1 Å². The Hall–Kier alpha value is -2.37. The fourth-order valence-corrected chi connectivity index (χ4v) is 3.34. The number of hydrogen-bond donors (Lipinski definition) is 2. The van der Waals surface area contributed by atoms with Gasteiger partial charge >= 0.3 is 5.97 Å². The minimum atomic E-state index is -0.800. The van der Waals surface area contributed by atoms with Crippen LogP contribution in [0.2, 0.25) is 0 Å². The summed E-state index contributed by atoms with van der Waals surface area (Å²) in [5.41, 5.74) is 1.73. The number of hydrogen-bond acceptors (Lipinski definition) is 3. The highest BCUT2D eigenvalue weighted by Crippen LogP contribution is 2.23. The largest absolute Gasteiger partial charge is 0.481 e. The summed E-state index contributed by atoms with van der Waals surface area (Å²) in [6.45, 7) is 0.726. The van der Waals surface area contributed by atoms with Gasteiger partial charge in [-0.3, -0.25) is 9.59 Å². The summed E-state index contributed by atoms with van der Waals surface area (Å²) in [6.07, 6.45) is 7.49. The summed E-state index contributed by atoms with van der Waals surface area (Å²) < 4.78 is 0. The molecule has 2 N–H and O–H groups in total. The molecule has 6 nitrogen and oxygen atoms in total. The molecule has 1 amide bonds. The fraction of sp³-hybridized carbons (Fsp3) is 0.471. The highest BCUT2D eigenvalue weighted by atomic mass is 16.4. The number of aromatic nitrogens is 2. The molecule has 23 heavy (non-hydrogen) atoms. The van der Waals surface area contributed by atoms with E-state index in [0.29, 0.717) is 12.8 Å². The first-order valence-electron chi connectivity index (χ1n) is 8.07. The van der Waals surface area contributed by atoms with Crippen LogP contribution in [0, 0.1) is 0 Å². The second kappa shape index (κ2) is 6.81. The number of carboxylic acid groups (broad SMARTS) is 1. The minimum absolute atomic E-state index is 0.0516. The average molecular weight is 315 g/mol. The zero-order chi connectivity index (χ0) is 16.2. The van der Waals surface area contributed by atoms with Gasteiger partial charge in [-0.2, -0.15) is 0 Å². The van der Waals surface area contributed by atoms with Crippen molar-refractivity contribution >= 4 is 22.9 Å².